The summed E-state index contributed by atoms with van der Waals surface area (Å²) >= 11 is 1.56. The van der Waals surface area contributed by atoms with Gasteiger partial charge in [0, 0.05) is 10.9 Å². The number of rotatable bonds is 5. The van der Waals surface area contributed by atoms with Crippen LogP contribution in [0.25, 0.3) is 23.4 Å². The van der Waals surface area contributed by atoms with Gasteiger partial charge >= 0.3 is 6.61 Å². The van der Waals surface area contributed by atoms with Gasteiger partial charge in [-0.1, -0.05) is 48.0 Å². The molecule has 0 atom stereocenters. The van der Waals surface area contributed by atoms with Crippen molar-refractivity contribution in [3.63, 3.8) is 0 Å². The van der Waals surface area contributed by atoms with E-state index < -0.39 is 6.61 Å². The van der Waals surface area contributed by atoms with E-state index in [9.17, 15) is 8.78 Å². The van der Waals surface area contributed by atoms with Gasteiger partial charge in [0.15, 0.2) is 0 Å². The van der Waals surface area contributed by atoms with Gasteiger partial charge in [-0.2, -0.15) is 8.78 Å². The first-order chi connectivity index (χ1) is 11.6. The Kier molecular flexibility index (Phi) is 5.01. The summed E-state index contributed by atoms with van der Waals surface area (Å²) in [7, 11) is 0. The van der Waals surface area contributed by atoms with E-state index in [0.29, 0.717) is 0 Å². The smallest absolute Gasteiger partial charge is 0.387 e. The zero-order chi connectivity index (χ0) is 16.9. The molecule has 0 saturated heterocycles. The molecule has 24 heavy (non-hydrogen) atoms. The van der Waals surface area contributed by atoms with Crippen LogP contribution in [0, 0.1) is 6.92 Å². The largest absolute Gasteiger partial charge is 0.435 e. The van der Waals surface area contributed by atoms with E-state index in [1.165, 1.54) is 17.7 Å². The standard InChI is InChI=1S/C19H15F2NOS/c1-13-2-7-15(8-3-13)17-12-24-18(22-17)11-6-14-4-9-16(10-5-14)23-19(20)21/h2-12,19H,1H3/b11-6+. The third-order valence-electron chi connectivity index (χ3n) is 3.39. The summed E-state index contributed by atoms with van der Waals surface area (Å²) in [4.78, 5) is 4.59. The van der Waals surface area contributed by atoms with Crippen LogP contribution in [0.5, 0.6) is 5.75 Å². The molecule has 5 heteroatoms. The summed E-state index contributed by atoms with van der Waals surface area (Å²) in [5, 5.41) is 2.91. The Hall–Kier alpha value is -2.53. The first-order valence-electron chi connectivity index (χ1n) is 7.36. The average Bonchev–Trinajstić information content (AvgIpc) is 3.03. The Labute approximate surface area is 143 Å². The monoisotopic (exact) mass is 343 g/mol. The van der Waals surface area contributed by atoms with Gasteiger partial charge in [0.2, 0.25) is 0 Å². The minimum absolute atomic E-state index is 0.151. The van der Waals surface area contributed by atoms with Crippen molar-refractivity contribution in [2.24, 2.45) is 0 Å². The minimum Gasteiger partial charge on any atom is -0.435 e. The Morgan fingerprint density at radius 2 is 1.71 bits per heavy atom. The molecule has 3 rings (SSSR count). The summed E-state index contributed by atoms with van der Waals surface area (Å²) in [6, 6.07) is 14.7. The third-order valence-corrected chi connectivity index (χ3v) is 4.20. The topological polar surface area (TPSA) is 22.1 Å². The van der Waals surface area contributed by atoms with E-state index in [2.05, 4.69) is 40.9 Å². The minimum atomic E-state index is -2.80. The number of nitrogens with zero attached hydrogens (tertiary/aromatic N) is 1. The Balaban J connectivity index is 1.70. The van der Waals surface area contributed by atoms with Crippen LogP contribution in [-0.4, -0.2) is 11.6 Å². The summed E-state index contributed by atoms with van der Waals surface area (Å²) in [5.41, 5.74) is 4.14. The molecule has 3 aromatic rings. The van der Waals surface area contributed by atoms with Gasteiger partial charge in [-0.3, -0.25) is 0 Å². The number of hydrogen-bond donors (Lipinski definition) is 0. The lowest BCUT2D eigenvalue weighted by molar-refractivity contribution is -0.0498. The lowest BCUT2D eigenvalue weighted by Gasteiger charge is -2.03. The number of aromatic nitrogens is 1. The molecule has 0 saturated carbocycles. The zero-order valence-corrected chi connectivity index (χ0v) is 13.8. The summed E-state index contributed by atoms with van der Waals surface area (Å²) in [6.07, 6.45) is 3.80. The Bertz CT molecular complexity index is 823. The van der Waals surface area contributed by atoms with E-state index >= 15 is 0 Å². The normalized spacial score (nSPS) is 11.3. The van der Waals surface area contributed by atoms with E-state index in [0.717, 1.165) is 21.8 Å². The highest BCUT2D eigenvalue weighted by atomic mass is 32.1. The molecule has 0 spiro atoms. The quantitative estimate of drug-likeness (QED) is 0.576. The van der Waals surface area contributed by atoms with Crippen LogP contribution < -0.4 is 4.74 Å². The molecule has 0 unspecified atom stereocenters. The maximum atomic E-state index is 12.1. The molecule has 2 nitrogen and oxygen atoms in total. The fourth-order valence-electron chi connectivity index (χ4n) is 2.15. The van der Waals surface area contributed by atoms with Crippen LogP contribution in [0.15, 0.2) is 53.9 Å². The number of ether oxygens (including phenoxy) is 1. The van der Waals surface area contributed by atoms with Gasteiger partial charge < -0.3 is 4.74 Å². The second-order valence-electron chi connectivity index (χ2n) is 5.22. The molecule has 1 aromatic heterocycles. The number of aryl methyl sites for hydroxylation is 1. The molecule has 0 N–H and O–H groups in total. The molecular formula is C19H15F2NOS. The third kappa shape index (κ3) is 4.26. The van der Waals surface area contributed by atoms with Crippen LogP contribution in [-0.2, 0) is 0 Å². The van der Waals surface area contributed by atoms with E-state index in [1.54, 1.807) is 23.5 Å². The average molecular weight is 343 g/mol. The first-order valence-corrected chi connectivity index (χ1v) is 8.24. The molecule has 0 fully saturated rings. The highest BCUT2D eigenvalue weighted by molar-refractivity contribution is 7.10. The van der Waals surface area contributed by atoms with E-state index in [-0.39, 0.29) is 5.75 Å². The Morgan fingerprint density at radius 1 is 1.00 bits per heavy atom. The van der Waals surface area contributed by atoms with Gasteiger partial charge in [-0.15, -0.1) is 11.3 Å². The van der Waals surface area contributed by atoms with Crippen molar-refractivity contribution in [1.29, 1.82) is 0 Å². The molecule has 2 aromatic carbocycles. The molecule has 0 aliphatic heterocycles. The van der Waals surface area contributed by atoms with Gasteiger partial charge in [-0.25, -0.2) is 4.98 Å². The molecular weight excluding hydrogens is 328 g/mol. The van der Waals surface area contributed by atoms with Crippen molar-refractivity contribution in [2.75, 3.05) is 0 Å². The van der Waals surface area contributed by atoms with Crippen LogP contribution in [0.3, 0.4) is 0 Å². The first kappa shape index (κ1) is 16.3. The fraction of sp³-hybridized carbons (Fsp3) is 0.105. The van der Waals surface area contributed by atoms with Crippen LogP contribution >= 0.6 is 11.3 Å². The van der Waals surface area contributed by atoms with Crippen molar-refractivity contribution in [1.82, 2.24) is 4.98 Å². The predicted molar refractivity (Wildman–Crippen MR) is 94.3 cm³/mol. The molecule has 0 bridgehead atoms. The number of benzene rings is 2. The second-order valence-corrected chi connectivity index (χ2v) is 6.11. The highest BCUT2D eigenvalue weighted by Gasteiger charge is 2.04. The molecule has 122 valence electrons. The highest BCUT2D eigenvalue weighted by Crippen LogP contribution is 2.24. The lowest BCUT2D eigenvalue weighted by Crippen LogP contribution is -2.01. The molecule has 0 radical (unpaired) electrons. The number of hydrogen-bond acceptors (Lipinski definition) is 3. The van der Waals surface area contributed by atoms with Crippen molar-refractivity contribution >= 4 is 23.5 Å². The summed E-state index contributed by atoms with van der Waals surface area (Å²) in [5.74, 6) is 0.151. The van der Waals surface area contributed by atoms with Gasteiger partial charge in [0.1, 0.15) is 10.8 Å². The van der Waals surface area contributed by atoms with Crippen LogP contribution in [0.2, 0.25) is 0 Å². The van der Waals surface area contributed by atoms with Crippen LogP contribution in [0.1, 0.15) is 16.1 Å². The fourth-order valence-corrected chi connectivity index (χ4v) is 2.87. The number of alkyl halides is 2. The second kappa shape index (κ2) is 7.36. The summed E-state index contributed by atoms with van der Waals surface area (Å²) < 4.78 is 28.5. The molecule has 0 aliphatic rings. The van der Waals surface area contributed by atoms with Crippen molar-refractivity contribution in [3.8, 4) is 17.0 Å². The van der Waals surface area contributed by atoms with Gasteiger partial charge in [0.25, 0.3) is 0 Å². The van der Waals surface area contributed by atoms with Crippen molar-refractivity contribution in [3.05, 3.63) is 70.0 Å². The maximum Gasteiger partial charge on any atom is 0.387 e. The lowest BCUT2D eigenvalue weighted by atomic mass is 10.1. The molecule has 0 amide bonds. The SMILES string of the molecule is Cc1ccc(-c2csc(/C=C/c3ccc(OC(F)F)cc3)n2)cc1. The molecule has 1 heterocycles. The van der Waals surface area contributed by atoms with Gasteiger partial charge in [0.05, 0.1) is 5.69 Å². The zero-order valence-electron chi connectivity index (χ0n) is 12.9. The predicted octanol–water partition coefficient (Wildman–Crippen LogP) is 5.89. The van der Waals surface area contributed by atoms with E-state index in [1.807, 2.05) is 17.5 Å². The van der Waals surface area contributed by atoms with Gasteiger partial charge in [-0.05, 0) is 30.7 Å². The maximum absolute atomic E-state index is 12.1. The van der Waals surface area contributed by atoms with Crippen molar-refractivity contribution < 1.29 is 13.5 Å². The molecule has 0 aliphatic carbocycles. The summed E-state index contributed by atoms with van der Waals surface area (Å²) in [6.45, 7) is -0.752. The number of halogens is 2. The Morgan fingerprint density at radius 3 is 2.38 bits per heavy atom. The van der Waals surface area contributed by atoms with Crippen LogP contribution in [0.4, 0.5) is 8.78 Å². The van der Waals surface area contributed by atoms with Crippen molar-refractivity contribution in [2.45, 2.75) is 13.5 Å². The van der Waals surface area contributed by atoms with E-state index in [4.69, 9.17) is 0 Å². The number of thiazole rings is 1.